The standard InChI is InChI=1S/C24H26N2O3S/c1-3-29-21-10-8-18(9-11-21)22(27)12-13-23(28)25-15-14-20-16-30-24(26-20)19-6-4-17(2)5-7-19/h4-11,16H,3,12-15H2,1-2H3,(H,25,28). The Hall–Kier alpha value is -2.99. The van der Waals surface area contributed by atoms with Gasteiger partial charge in [0.1, 0.15) is 10.8 Å². The predicted octanol–water partition coefficient (Wildman–Crippen LogP) is 4.84. The van der Waals surface area contributed by atoms with Crippen molar-refractivity contribution in [3.8, 4) is 16.3 Å². The summed E-state index contributed by atoms with van der Waals surface area (Å²) >= 11 is 1.61. The Morgan fingerprint density at radius 1 is 1.03 bits per heavy atom. The minimum absolute atomic E-state index is 0.0459. The molecule has 0 saturated heterocycles. The second-order valence-electron chi connectivity index (χ2n) is 6.99. The van der Waals surface area contributed by atoms with Gasteiger partial charge in [-0.2, -0.15) is 0 Å². The van der Waals surface area contributed by atoms with Crippen LogP contribution in [-0.4, -0.2) is 29.8 Å². The van der Waals surface area contributed by atoms with E-state index in [4.69, 9.17) is 4.74 Å². The molecule has 0 fully saturated rings. The second kappa shape index (κ2) is 10.7. The number of hydrogen-bond acceptors (Lipinski definition) is 5. The van der Waals surface area contributed by atoms with Crippen LogP contribution in [0, 0.1) is 6.92 Å². The van der Waals surface area contributed by atoms with Crippen LogP contribution in [0.4, 0.5) is 0 Å². The van der Waals surface area contributed by atoms with Crippen LogP contribution in [0.5, 0.6) is 5.75 Å². The molecule has 5 nitrogen and oxygen atoms in total. The maximum absolute atomic E-state index is 12.2. The molecule has 0 saturated carbocycles. The number of Topliss-reactive ketones (excluding diaryl/α,β-unsaturated/α-hetero) is 1. The maximum Gasteiger partial charge on any atom is 0.220 e. The number of aromatic nitrogens is 1. The number of nitrogens with one attached hydrogen (secondary N) is 1. The van der Waals surface area contributed by atoms with Gasteiger partial charge in [-0.25, -0.2) is 4.98 Å². The van der Waals surface area contributed by atoms with E-state index >= 15 is 0 Å². The first-order valence-corrected chi connectivity index (χ1v) is 11.0. The van der Waals surface area contributed by atoms with Crippen LogP contribution in [0.25, 0.3) is 10.6 Å². The molecule has 0 unspecified atom stereocenters. The summed E-state index contributed by atoms with van der Waals surface area (Å²) in [5.41, 5.74) is 3.88. The Morgan fingerprint density at radius 3 is 2.47 bits per heavy atom. The zero-order valence-corrected chi connectivity index (χ0v) is 18.1. The van der Waals surface area contributed by atoms with Gasteiger partial charge in [0.2, 0.25) is 5.91 Å². The highest BCUT2D eigenvalue weighted by Gasteiger charge is 2.10. The van der Waals surface area contributed by atoms with Crippen LogP contribution in [0.3, 0.4) is 0 Å². The quantitative estimate of drug-likeness (QED) is 0.475. The predicted molar refractivity (Wildman–Crippen MR) is 120 cm³/mol. The normalized spacial score (nSPS) is 10.6. The molecule has 1 heterocycles. The molecule has 1 amide bonds. The lowest BCUT2D eigenvalue weighted by Gasteiger charge is -2.06. The van der Waals surface area contributed by atoms with Gasteiger partial charge in [-0.1, -0.05) is 29.8 Å². The van der Waals surface area contributed by atoms with Gasteiger partial charge in [0.05, 0.1) is 12.3 Å². The number of hydrogen-bond donors (Lipinski definition) is 1. The Balaban J connectivity index is 1.39. The summed E-state index contributed by atoms with van der Waals surface area (Å²) in [5.74, 6) is 0.568. The van der Waals surface area contributed by atoms with Gasteiger partial charge in [0.15, 0.2) is 5.78 Å². The lowest BCUT2D eigenvalue weighted by Crippen LogP contribution is -2.26. The first-order valence-electron chi connectivity index (χ1n) is 10.1. The molecular weight excluding hydrogens is 396 g/mol. The number of rotatable bonds is 10. The Kier molecular flexibility index (Phi) is 7.74. The number of ether oxygens (including phenoxy) is 1. The van der Waals surface area contributed by atoms with E-state index < -0.39 is 0 Å². The van der Waals surface area contributed by atoms with Crippen LogP contribution < -0.4 is 10.1 Å². The highest BCUT2D eigenvalue weighted by atomic mass is 32.1. The molecule has 0 bridgehead atoms. The average Bonchev–Trinajstić information content (AvgIpc) is 3.22. The smallest absolute Gasteiger partial charge is 0.220 e. The third kappa shape index (κ3) is 6.26. The molecule has 0 aliphatic carbocycles. The Bertz CT molecular complexity index is 978. The summed E-state index contributed by atoms with van der Waals surface area (Å²) in [7, 11) is 0. The lowest BCUT2D eigenvalue weighted by molar-refractivity contribution is -0.121. The van der Waals surface area contributed by atoms with E-state index in [0.717, 1.165) is 22.0 Å². The molecule has 0 aliphatic heterocycles. The van der Waals surface area contributed by atoms with Crippen molar-refractivity contribution < 1.29 is 14.3 Å². The molecule has 156 valence electrons. The largest absolute Gasteiger partial charge is 0.494 e. The molecular formula is C24H26N2O3S. The number of carbonyl (C=O) groups is 2. The van der Waals surface area contributed by atoms with Gasteiger partial charge in [0, 0.05) is 42.3 Å². The van der Waals surface area contributed by atoms with Crippen molar-refractivity contribution in [2.24, 2.45) is 0 Å². The van der Waals surface area contributed by atoms with E-state index in [2.05, 4.69) is 41.5 Å². The van der Waals surface area contributed by atoms with Crippen molar-refractivity contribution in [1.29, 1.82) is 0 Å². The molecule has 30 heavy (non-hydrogen) atoms. The fourth-order valence-electron chi connectivity index (χ4n) is 2.94. The van der Waals surface area contributed by atoms with E-state index in [0.29, 0.717) is 25.1 Å². The summed E-state index contributed by atoms with van der Waals surface area (Å²) < 4.78 is 5.37. The topological polar surface area (TPSA) is 68.3 Å². The first kappa shape index (κ1) is 21.7. The van der Waals surface area contributed by atoms with E-state index in [-0.39, 0.29) is 24.5 Å². The third-order valence-electron chi connectivity index (χ3n) is 4.62. The minimum Gasteiger partial charge on any atom is -0.494 e. The van der Waals surface area contributed by atoms with Crippen molar-refractivity contribution in [3.63, 3.8) is 0 Å². The molecule has 0 spiro atoms. The monoisotopic (exact) mass is 422 g/mol. The van der Waals surface area contributed by atoms with Crippen LogP contribution >= 0.6 is 11.3 Å². The first-order chi connectivity index (χ1) is 14.5. The summed E-state index contributed by atoms with van der Waals surface area (Å²) in [6, 6.07) is 15.3. The molecule has 2 aromatic carbocycles. The Labute approximate surface area is 181 Å². The summed E-state index contributed by atoms with van der Waals surface area (Å²) in [6.07, 6.45) is 1.03. The zero-order valence-electron chi connectivity index (χ0n) is 17.3. The van der Waals surface area contributed by atoms with Crippen molar-refractivity contribution in [1.82, 2.24) is 10.3 Å². The number of nitrogens with zero attached hydrogens (tertiary/aromatic N) is 1. The van der Waals surface area contributed by atoms with E-state index in [1.54, 1.807) is 35.6 Å². The molecule has 1 N–H and O–H groups in total. The van der Waals surface area contributed by atoms with Crippen LogP contribution in [0.15, 0.2) is 53.9 Å². The van der Waals surface area contributed by atoms with Gasteiger partial charge in [-0.3, -0.25) is 9.59 Å². The Morgan fingerprint density at radius 2 is 1.77 bits per heavy atom. The van der Waals surface area contributed by atoms with Crippen molar-refractivity contribution >= 4 is 23.0 Å². The van der Waals surface area contributed by atoms with Crippen molar-refractivity contribution in [3.05, 3.63) is 70.7 Å². The fourth-order valence-corrected chi connectivity index (χ4v) is 3.80. The van der Waals surface area contributed by atoms with E-state index in [1.807, 2.05) is 12.3 Å². The van der Waals surface area contributed by atoms with Gasteiger partial charge < -0.3 is 10.1 Å². The fraction of sp³-hybridized carbons (Fsp3) is 0.292. The summed E-state index contributed by atoms with van der Waals surface area (Å²) in [5, 5.41) is 5.88. The zero-order chi connectivity index (χ0) is 21.3. The molecule has 1 aromatic heterocycles. The molecule has 0 aliphatic rings. The molecule has 0 atom stereocenters. The van der Waals surface area contributed by atoms with Crippen LogP contribution in [-0.2, 0) is 11.2 Å². The van der Waals surface area contributed by atoms with Crippen molar-refractivity contribution in [2.75, 3.05) is 13.2 Å². The molecule has 0 radical (unpaired) electrons. The summed E-state index contributed by atoms with van der Waals surface area (Å²) in [4.78, 5) is 29.0. The van der Waals surface area contributed by atoms with Crippen LogP contribution in [0.1, 0.15) is 41.4 Å². The lowest BCUT2D eigenvalue weighted by atomic mass is 10.1. The van der Waals surface area contributed by atoms with Gasteiger partial charge in [-0.15, -0.1) is 11.3 Å². The van der Waals surface area contributed by atoms with E-state index in [9.17, 15) is 9.59 Å². The number of thiazole rings is 1. The average molecular weight is 423 g/mol. The number of aryl methyl sites for hydroxylation is 1. The number of amides is 1. The SMILES string of the molecule is CCOc1ccc(C(=O)CCC(=O)NCCc2csc(-c3ccc(C)cc3)n2)cc1. The molecule has 3 rings (SSSR count). The number of benzene rings is 2. The number of carbonyl (C=O) groups excluding carboxylic acids is 2. The van der Waals surface area contributed by atoms with E-state index in [1.165, 1.54) is 5.56 Å². The third-order valence-corrected chi connectivity index (χ3v) is 5.56. The van der Waals surface area contributed by atoms with Gasteiger partial charge in [-0.05, 0) is 38.1 Å². The highest BCUT2D eigenvalue weighted by Crippen LogP contribution is 2.24. The van der Waals surface area contributed by atoms with Gasteiger partial charge >= 0.3 is 0 Å². The van der Waals surface area contributed by atoms with Crippen molar-refractivity contribution in [2.45, 2.75) is 33.1 Å². The molecule has 6 heteroatoms. The van der Waals surface area contributed by atoms with Gasteiger partial charge in [0.25, 0.3) is 0 Å². The van der Waals surface area contributed by atoms with Crippen LogP contribution in [0.2, 0.25) is 0 Å². The minimum atomic E-state index is -0.122. The molecule has 3 aromatic rings. The highest BCUT2D eigenvalue weighted by molar-refractivity contribution is 7.13. The maximum atomic E-state index is 12.2. The number of ketones is 1. The second-order valence-corrected chi connectivity index (χ2v) is 7.85. The summed E-state index contributed by atoms with van der Waals surface area (Å²) in [6.45, 7) is 5.06.